The van der Waals surface area contributed by atoms with Crippen molar-refractivity contribution in [3.8, 4) is 0 Å². The predicted octanol–water partition coefficient (Wildman–Crippen LogP) is 0.364. The third-order valence-corrected chi connectivity index (χ3v) is 6.69. The fourth-order valence-electron chi connectivity index (χ4n) is 3.15. The highest BCUT2D eigenvalue weighted by Gasteiger charge is 2.36. The fourth-order valence-corrected chi connectivity index (χ4v) is 4.44. The molecular formula is C17H29BN3O6S. The van der Waals surface area contributed by atoms with Gasteiger partial charge in [-0.15, -0.1) is 0 Å². The molecule has 3 amide bonds. The molecule has 9 nitrogen and oxygen atoms in total. The van der Waals surface area contributed by atoms with Crippen molar-refractivity contribution in [1.29, 1.82) is 0 Å². The van der Waals surface area contributed by atoms with Crippen molar-refractivity contribution in [3.05, 3.63) is 0 Å². The van der Waals surface area contributed by atoms with Crippen molar-refractivity contribution < 1.29 is 27.5 Å². The number of primary amides is 1. The molecule has 0 unspecified atom stereocenters. The number of nitrogens with zero attached hydrogens (tertiary/aromatic N) is 1. The van der Waals surface area contributed by atoms with Gasteiger partial charge in [0.25, 0.3) is 0 Å². The maximum absolute atomic E-state index is 12.1. The van der Waals surface area contributed by atoms with Gasteiger partial charge in [0.2, 0.25) is 29.1 Å². The van der Waals surface area contributed by atoms with Crippen molar-refractivity contribution in [3.63, 3.8) is 0 Å². The molecule has 1 saturated carbocycles. The van der Waals surface area contributed by atoms with Gasteiger partial charge in [-0.25, -0.2) is 8.42 Å². The van der Waals surface area contributed by atoms with Crippen molar-refractivity contribution >= 4 is 34.9 Å². The lowest BCUT2D eigenvalue weighted by Gasteiger charge is -2.22. The highest BCUT2D eigenvalue weighted by Crippen LogP contribution is 2.27. The van der Waals surface area contributed by atoms with E-state index in [1.807, 2.05) is 0 Å². The summed E-state index contributed by atoms with van der Waals surface area (Å²) >= 11 is 0. The number of rotatable bonds is 13. The van der Waals surface area contributed by atoms with E-state index in [2.05, 4.69) is 4.72 Å². The highest BCUT2D eigenvalue weighted by molar-refractivity contribution is 7.91. The molecule has 1 aliphatic heterocycles. The smallest absolute Gasteiger partial charge is 0.240 e. The Morgan fingerprint density at radius 2 is 1.82 bits per heavy atom. The molecule has 3 N–H and O–H groups in total. The molecule has 2 fully saturated rings. The number of nitrogens with one attached hydrogen (secondary N) is 1. The Balaban J connectivity index is 1.44. The average molecular weight is 414 g/mol. The monoisotopic (exact) mass is 414 g/mol. The second-order valence-electron chi connectivity index (χ2n) is 7.27. The van der Waals surface area contributed by atoms with Crippen LogP contribution < -0.4 is 10.5 Å². The van der Waals surface area contributed by atoms with Crippen molar-refractivity contribution in [2.75, 3.05) is 19.8 Å². The van der Waals surface area contributed by atoms with Crippen LogP contribution in [0.5, 0.6) is 0 Å². The molecule has 1 radical (unpaired) electrons. The van der Waals surface area contributed by atoms with Gasteiger partial charge in [-0.3, -0.25) is 19.1 Å². The molecule has 1 heterocycles. The third-order valence-electron chi connectivity index (χ3n) is 4.86. The standard InChI is InChI=1S/C17H29BN3O6S/c19-16(23)14-5-3-10-21(14)15(22)6-1-2-11-27-12-4-9-18-17(24)20-28(25,26)13-7-8-13/h13-14H,1-12H2,(H2,19,23)(H,20,24)/t14-/m0/s1. The van der Waals surface area contributed by atoms with E-state index in [0.29, 0.717) is 64.6 Å². The number of nitrogens with two attached hydrogens (primary N) is 1. The summed E-state index contributed by atoms with van der Waals surface area (Å²) in [5, 5.41) is -0.410. The first-order valence-electron chi connectivity index (χ1n) is 9.86. The highest BCUT2D eigenvalue weighted by atomic mass is 32.2. The normalized spacial score (nSPS) is 19.4. The van der Waals surface area contributed by atoms with Crippen LogP contribution in [0.3, 0.4) is 0 Å². The van der Waals surface area contributed by atoms with E-state index in [9.17, 15) is 22.8 Å². The first kappa shape index (κ1) is 22.7. The number of carbonyl (C=O) groups excluding carboxylic acids is 3. The SMILES string of the molecule is NC(=O)[C@@H]1CCCN1C(=O)CCCCOCCC[B]C(=O)NS(=O)(=O)C1CC1. The van der Waals surface area contributed by atoms with Crippen LogP contribution in [0.2, 0.25) is 6.32 Å². The van der Waals surface area contributed by atoms with Crippen LogP contribution in [0.25, 0.3) is 0 Å². The summed E-state index contributed by atoms with van der Waals surface area (Å²) in [6.45, 7) is 1.56. The summed E-state index contributed by atoms with van der Waals surface area (Å²) in [5.74, 6) is -1.06. The number of likely N-dealkylation sites (tertiary alicyclic amines) is 1. The third kappa shape index (κ3) is 7.42. The minimum atomic E-state index is -3.48. The van der Waals surface area contributed by atoms with Gasteiger partial charge in [-0.05, 0) is 44.9 Å². The van der Waals surface area contributed by atoms with Gasteiger partial charge in [0.05, 0.1) is 5.25 Å². The number of unbranched alkanes of at least 4 members (excludes halogenated alkanes) is 1. The Morgan fingerprint density at radius 1 is 1.11 bits per heavy atom. The van der Waals surface area contributed by atoms with E-state index in [0.717, 1.165) is 12.8 Å². The van der Waals surface area contributed by atoms with E-state index in [1.165, 1.54) is 7.28 Å². The Kier molecular flexibility index (Phi) is 8.74. The summed E-state index contributed by atoms with van der Waals surface area (Å²) in [6.07, 6.45) is 5.51. The Morgan fingerprint density at radius 3 is 2.50 bits per heavy atom. The lowest BCUT2D eigenvalue weighted by molar-refractivity contribution is -0.137. The number of ether oxygens (including phenoxy) is 1. The molecule has 28 heavy (non-hydrogen) atoms. The number of hydrogen-bond donors (Lipinski definition) is 2. The molecule has 1 saturated heterocycles. The lowest BCUT2D eigenvalue weighted by Crippen LogP contribution is -2.43. The first-order valence-corrected chi connectivity index (χ1v) is 11.4. The van der Waals surface area contributed by atoms with Gasteiger partial charge in [-0.2, -0.15) is 0 Å². The van der Waals surface area contributed by atoms with Gasteiger partial charge in [0.15, 0.2) is 5.81 Å². The number of sulfonamides is 1. The molecule has 2 rings (SSSR count). The molecule has 157 valence electrons. The maximum Gasteiger partial charge on any atom is 0.240 e. The Hall–Kier alpha value is -1.62. The van der Waals surface area contributed by atoms with Crippen LogP contribution in [0.4, 0.5) is 4.79 Å². The molecule has 0 spiro atoms. The van der Waals surface area contributed by atoms with Crippen LogP contribution >= 0.6 is 0 Å². The zero-order chi connectivity index (χ0) is 20.6. The minimum absolute atomic E-state index is 0.0388. The van der Waals surface area contributed by atoms with E-state index >= 15 is 0 Å². The molecule has 0 aromatic carbocycles. The van der Waals surface area contributed by atoms with Crippen LogP contribution in [0.1, 0.15) is 51.4 Å². The largest absolute Gasteiger partial charge is 0.381 e. The minimum Gasteiger partial charge on any atom is -0.381 e. The first-order chi connectivity index (χ1) is 13.3. The van der Waals surface area contributed by atoms with Gasteiger partial charge in [0, 0.05) is 26.2 Å². The summed E-state index contributed by atoms with van der Waals surface area (Å²) in [4.78, 5) is 36.6. The molecular weight excluding hydrogens is 385 g/mol. The van der Waals surface area contributed by atoms with E-state index < -0.39 is 33.0 Å². The zero-order valence-electron chi connectivity index (χ0n) is 16.1. The molecule has 11 heteroatoms. The van der Waals surface area contributed by atoms with Crippen LogP contribution in [0.15, 0.2) is 0 Å². The lowest BCUT2D eigenvalue weighted by atomic mass is 9.73. The van der Waals surface area contributed by atoms with Crippen molar-refractivity contribution in [1.82, 2.24) is 9.62 Å². The van der Waals surface area contributed by atoms with E-state index in [1.54, 1.807) is 4.90 Å². The molecule has 1 atom stereocenters. The summed E-state index contributed by atoms with van der Waals surface area (Å²) < 4.78 is 30.7. The number of hydrogen-bond acceptors (Lipinski definition) is 6. The van der Waals surface area contributed by atoms with Gasteiger partial charge >= 0.3 is 0 Å². The average Bonchev–Trinajstić information content (AvgIpc) is 3.37. The summed E-state index contributed by atoms with van der Waals surface area (Å²) in [7, 11) is -2.16. The van der Waals surface area contributed by atoms with Crippen LogP contribution in [0, 0.1) is 0 Å². The van der Waals surface area contributed by atoms with Crippen molar-refractivity contribution in [2.45, 2.75) is 69.0 Å². The summed E-state index contributed by atoms with van der Waals surface area (Å²) in [6, 6.07) is -0.462. The van der Waals surface area contributed by atoms with Gasteiger partial charge in [0.1, 0.15) is 6.04 Å². The molecule has 0 aromatic rings. The molecule has 0 aromatic heterocycles. The van der Waals surface area contributed by atoms with Gasteiger partial charge in [-0.1, -0.05) is 6.32 Å². The van der Waals surface area contributed by atoms with Crippen LogP contribution in [-0.2, 0) is 24.3 Å². The number of carbonyl (C=O) groups is 3. The van der Waals surface area contributed by atoms with Crippen LogP contribution in [-0.4, -0.2) is 69.3 Å². The molecule has 1 aliphatic carbocycles. The van der Waals surface area contributed by atoms with Crippen molar-refractivity contribution in [2.24, 2.45) is 5.73 Å². The fraction of sp³-hybridized carbons (Fsp3) is 0.824. The predicted molar refractivity (Wildman–Crippen MR) is 104 cm³/mol. The molecule has 2 aliphatic rings. The van der Waals surface area contributed by atoms with E-state index in [4.69, 9.17) is 10.5 Å². The zero-order valence-corrected chi connectivity index (χ0v) is 16.9. The second kappa shape index (κ2) is 10.8. The quantitative estimate of drug-likeness (QED) is 0.330. The maximum atomic E-state index is 12.1. The van der Waals surface area contributed by atoms with E-state index in [-0.39, 0.29) is 5.91 Å². The Bertz CT molecular complexity index is 668. The second-order valence-corrected chi connectivity index (χ2v) is 9.23. The number of amides is 3. The topological polar surface area (TPSA) is 136 Å². The van der Waals surface area contributed by atoms with Gasteiger partial charge < -0.3 is 15.4 Å². The molecule has 0 bridgehead atoms. The summed E-state index contributed by atoms with van der Waals surface area (Å²) in [5.41, 5.74) is 5.31. The Labute approximate surface area is 167 Å².